The molecule has 4 rings (SSSR count). The van der Waals surface area contributed by atoms with Gasteiger partial charge in [-0.1, -0.05) is 23.4 Å². The predicted octanol–water partition coefficient (Wildman–Crippen LogP) is 2.86. The molecule has 1 aromatic carbocycles. The molecule has 1 saturated heterocycles. The first-order chi connectivity index (χ1) is 14.2. The molecule has 1 unspecified atom stereocenters. The number of hydrogen-bond acceptors (Lipinski definition) is 7. The third kappa shape index (κ3) is 4.01. The minimum atomic E-state index is -0.104. The number of carbonyl (C=O) groups is 1. The molecule has 1 amide bonds. The van der Waals surface area contributed by atoms with Gasteiger partial charge in [0, 0.05) is 25.2 Å². The first kappa shape index (κ1) is 19.2. The number of aromatic nitrogens is 3. The molecular weight excluding hydrogens is 370 g/mol. The highest BCUT2D eigenvalue weighted by molar-refractivity contribution is 5.88. The second kappa shape index (κ2) is 8.46. The van der Waals surface area contributed by atoms with Gasteiger partial charge >= 0.3 is 0 Å². The zero-order valence-electron chi connectivity index (χ0n) is 16.7. The number of rotatable bonds is 6. The topological polar surface area (TPSA) is 93.4 Å². The highest BCUT2D eigenvalue weighted by atomic mass is 16.5. The fourth-order valence-electron chi connectivity index (χ4n) is 3.80. The van der Waals surface area contributed by atoms with Gasteiger partial charge in [0.25, 0.3) is 5.71 Å². The fourth-order valence-corrected chi connectivity index (χ4v) is 3.80. The molecule has 0 bridgehead atoms. The van der Waals surface area contributed by atoms with E-state index >= 15 is 0 Å². The van der Waals surface area contributed by atoms with Gasteiger partial charge in [-0.25, -0.2) is 4.98 Å². The standard InChI is InChI=1S/C21H25N5O3/c1-3-28-17-9-5-4-7-15(17)11-22-20(27)16-8-6-10-26(12-16)19-18-14(2)25-29-21(18)24-13-23-19/h4-5,7,9,13,16H,3,6,8,10-12H2,1-2H3,(H,22,27). The Bertz CT molecular complexity index is 1000. The molecule has 0 radical (unpaired) electrons. The summed E-state index contributed by atoms with van der Waals surface area (Å²) in [5.41, 5.74) is 2.22. The molecule has 29 heavy (non-hydrogen) atoms. The Balaban J connectivity index is 1.44. The van der Waals surface area contributed by atoms with Crippen LogP contribution < -0.4 is 15.0 Å². The van der Waals surface area contributed by atoms with Gasteiger partial charge in [-0.2, -0.15) is 4.98 Å². The van der Waals surface area contributed by atoms with E-state index in [2.05, 4.69) is 25.3 Å². The number of anilines is 1. The van der Waals surface area contributed by atoms with Crippen LogP contribution in [0.15, 0.2) is 35.1 Å². The van der Waals surface area contributed by atoms with Crippen molar-refractivity contribution in [2.45, 2.75) is 33.2 Å². The van der Waals surface area contributed by atoms with Crippen molar-refractivity contribution in [3.63, 3.8) is 0 Å². The summed E-state index contributed by atoms with van der Waals surface area (Å²) < 4.78 is 10.9. The lowest BCUT2D eigenvalue weighted by atomic mass is 9.96. The maximum atomic E-state index is 12.9. The van der Waals surface area contributed by atoms with Crippen molar-refractivity contribution >= 4 is 22.8 Å². The van der Waals surface area contributed by atoms with E-state index in [1.54, 1.807) is 0 Å². The normalized spacial score (nSPS) is 16.8. The van der Waals surface area contributed by atoms with Gasteiger partial charge in [0.05, 0.1) is 18.2 Å². The number of amides is 1. The second-order valence-electron chi connectivity index (χ2n) is 7.19. The van der Waals surface area contributed by atoms with Crippen LogP contribution in [0.25, 0.3) is 11.1 Å². The van der Waals surface area contributed by atoms with E-state index in [-0.39, 0.29) is 11.8 Å². The molecule has 0 aliphatic carbocycles. The van der Waals surface area contributed by atoms with Gasteiger partial charge in [-0.3, -0.25) is 4.79 Å². The van der Waals surface area contributed by atoms with Gasteiger partial charge in [0.1, 0.15) is 23.3 Å². The molecule has 1 aliphatic rings. The minimum Gasteiger partial charge on any atom is -0.494 e. The molecule has 152 valence electrons. The summed E-state index contributed by atoms with van der Waals surface area (Å²) in [6, 6.07) is 7.79. The Morgan fingerprint density at radius 2 is 2.21 bits per heavy atom. The van der Waals surface area contributed by atoms with E-state index in [1.807, 2.05) is 38.1 Å². The average molecular weight is 395 g/mol. The van der Waals surface area contributed by atoms with Gasteiger partial charge in [-0.15, -0.1) is 0 Å². The van der Waals surface area contributed by atoms with Crippen molar-refractivity contribution in [2.24, 2.45) is 5.92 Å². The number of benzene rings is 1. The van der Waals surface area contributed by atoms with Crippen LogP contribution in [0.2, 0.25) is 0 Å². The maximum absolute atomic E-state index is 12.9. The van der Waals surface area contributed by atoms with Gasteiger partial charge in [-0.05, 0) is 32.8 Å². The Kier molecular flexibility index (Phi) is 5.59. The number of nitrogens with one attached hydrogen (secondary N) is 1. The zero-order chi connectivity index (χ0) is 20.2. The van der Waals surface area contributed by atoms with Crippen LogP contribution in [0.4, 0.5) is 5.82 Å². The van der Waals surface area contributed by atoms with E-state index in [0.717, 1.165) is 47.6 Å². The third-order valence-electron chi connectivity index (χ3n) is 5.24. The second-order valence-corrected chi connectivity index (χ2v) is 7.19. The lowest BCUT2D eigenvalue weighted by molar-refractivity contribution is -0.125. The summed E-state index contributed by atoms with van der Waals surface area (Å²) in [4.78, 5) is 23.6. The lowest BCUT2D eigenvalue weighted by Gasteiger charge is -2.33. The molecule has 1 atom stereocenters. The number of carbonyl (C=O) groups excluding carboxylic acids is 1. The first-order valence-electron chi connectivity index (χ1n) is 9.97. The number of para-hydroxylation sites is 1. The number of hydrogen-bond donors (Lipinski definition) is 1. The van der Waals surface area contributed by atoms with Crippen LogP contribution in [-0.2, 0) is 11.3 Å². The SMILES string of the molecule is CCOc1ccccc1CNC(=O)C1CCCN(c2ncnc3onc(C)c23)C1. The van der Waals surface area contributed by atoms with Crippen LogP contribution >= 0.6 is 0 Å². The first-order valence-corrected chi connectivity index (χ1v) is 9.97. The van der Waals surface area contributed by atoms with Crippen molar-refractivity contribution in [1.29, 1.82) is 0 Å². The number of fused-ring (bicyclic) bond motifs is 1. The quantitative estimate of drug-likeness (QED) is 0.686. The average Bonchev–Trinajstić information content (AvgIpc) is 3.14. The van der Waals surface area contributed by atoms with Crippen molar-refractivity contribution < 1.29 is 14.1 Å². The monoisotopic (exact) mass is 395 g/mol. The highest BCUT2D eigenvalue weighted by Gasteiger charge is 2.28. The van der Waals surface area contributed by atoms with Crippen molar-refractivity contribution in [1.82, 2.24) is 20.4 Å². The predicted molar refractivity (Wildman–Crippen MR) is 109 cm³/mol. The Morgan fingerprint density at radius 1 is 1.34 bits per heavy atom. The Hall–Kier alpha value is -3.16. The van der Waals surface area contributed by atoms with Crippen molar-refractivity contribution in [2.75, 3.05) is 24.6 Å². The molecule has 1 aliphatic heterocycles. The number of nitrogens with zero attached hydrogens (tertiary/aromatic N) is 4. The number of ether oxygens (including phenoxy) is 1. The van der Waals surface area contributed by atoms with Crippen molar-refractivity contribution in [3.05, 3.63) is 41.9 Å². The molecule has 1 fully saturated rings. The summed E-state index contributed by atoms with van der Waals surface area (Å²) in [6.07, 6.45) is 3.26. The molecule has 8 heteroatoms. The summed E-state index contributed by atoms with van der Waals surface area (Å²) in [6.45, 7) is 6.32. The minimum absolute atomic E-state index is 0.0494. The van der Waals surface area contributed by atoms with E-state index in [4.69, 9.17) is 9.26 Å². The molecule has 0 saturated carbocycles. The highest BCUT2D eigenvalue weighted by Crippen LogP contribution is 2.29. The van der Waals surface area contributed by atoms with E-state index < -0.39 is 0 Å². The summed E-state index contributed by atoms with van der Waals surface area (Å²) >= 11 is 0. The fraction of sp³-hybridized carbons (Fsp3) is 0.429. The van der Waals surface area contributed by atoms with Gasteiger partial charge in [0.2, 0.25) is 5.91 Å². The van der Waals surface area contributed by atoms with Gasteiger partial charge in [0.15, 0.2) is 0 Å². The summed E-state index contributed by atoms with van der Waals surface area (Å²) in [5, 5.41) is 7.89. The van der Waals surface area contributed by atoms with Crippen LogP contribution in [-0.4, -0.2) is 40.7 Å². The largest absolute Gasteiger partial charge is 0.494 e. The molecule has 1 N–H and O–H groups in total. The van der Waals surface area contributed by atoms with Crippen LogP contribution in [0.3, 0.4) is 0 Å². The lowest BCUT2D eigenvalue weighted by Crippen LogP contribution is -2.43. The molecule has 2 aromatic heterocycles. The molecule has 3 heterocycles. The molecule has 3 aromatic rings. The zero-order valence-corrected chi connectivity index (χ0v) is 16.7. The Labute approximate surface area is 169 Å². The van der Waals surface area contributed by atoms with Crippen LogP contribution in [0, 0.1) is 12.8 Å². The van der Waals surface area contributed by atoms with E-state index in [1.165, 1.54) is 6.33 Å². The summed E-state index contributed by atoms with van der Waals surface area (Å²) in [7, 11) is 0. The van der Waals surface area contributed by atoms with Crippen LogP contribution in [0.5, 0.6) is 5.75 Å². The van der Waals surface area contributed by atoms with E-state index in [0.29, 0.717) is 25.4 Å². The number of aryl methyl sites for hydroxylation is 1. The van der Waals surface area contributed by atoms with Crippen LogP contribution in [0.1, 0.15) is 31.0 Å². The van der Waals surface area contributed by atoms with E-state index in [9.17, 15) is 4.79 Å². The number of piperidine rings is 1. The smallest absolute Gasteiger partial charge is 0.263 e. The summed E-state index contributed by atoms with van der Waals surface area (Å²) in [5.74, 6) is 1.54. The van der Waals surface area contributed by atoms with Crippen molar-refractivity contribution in [3.8, 4) is 5.75 Å². The maximum Gasteiger partial charge on any atom is 0.263 e. The molecule has 0 spiro atoms. The molecule has 8 nitrogen and oxygen atoms in total. The van der Waals surface area contributed by atoms with Gasteiger partial charge < -0.3 is 19.5 Å². The third-order valence-corrected chi connectivity index (χ3v) is 5.24. The molecular formula is C21H25N5O3. The Morgan fingerprint density at radius 3 is 3.07 bits per heavy atom.